The molecule has 2 aromatic carbocycles. The van der Waals surface area contributed by atoms with Gasteiger partial charge in [-0.1, -0.05) is 41.9 Å². The minimum Gasteiger partial charge on any atom is -0.507 e. The maximum Gasteiger partial charge on any atom is 0.288 e. The van der Waals surface area contributed by atoms with Gasteiger partial charge in [0.2, 0.25) is 0 Å². The predicted molar refractivity (Wildman–Crippen MR) is 90.6 cm³/mol. The van der Waals surface area contributed by atoms with Gasteiger partial charge in [0.25, 0.3) is 5.69 Å². The number of nitro benzene ring substituents is 1. The van der Waals surface area contributed by atoms with E-state index in [2.05, 4.69) is 5.32 Å². The Morgan fingerprint density at radius 2 is 1.96 bits per heavy atom. The Morgan fingerprint density at radius 3 is 2.48 bits per heavy atom. The number of aliphatic hydroxyl groups is 2. The van der Waals surface area contributed by atoms with Gasteiger partial charge in [-0.2, -0.15) is 0 Å². The lowest BCUT2D eigenvalue weighted by Gasteiger charge is -2.13. The topological polar surface area (TPSA) is 95.6 Å². The first-order chi connectivity index (χ1) is 11.0. The van der Waals surface area contributed by atoms with Crippen LogP contribution in [-0.2, 0) is 0 Å². The van der Waals surface area contributed by atoms with Crippen LogP contribution in [-0.4, -0.2) is 28.8 Å². The number of nitro groups is 1. The molecule has 0 spiro atoms. The van der Waals surface area contributed by atoms with E-state index < -0.39 is 11.5 Å². The second-order valence-corrected chi connectivity index (χ2v) is 5.11. The molecule has 0 fully saturated rings. The maximum atomic E-state index is 11.1. The van der Waals surface area contributed by atoms with Crippen LogP contribution in [0.5, 0.6) is 0 Å². The van der Waals surface area contributed by atoms with E-state index in [0.717, 1.165) is 0 Å². The summed E-state index contributed by atoms with van der Waals surface area (Å²) in [5.41, 5.74) is 1.17. The van der Waals surface area contributed by atoms with Crippen LogP contribution < -0.4 is 5.32 Å². The molecular weight excluding hydrogens is 320 g/mol. The van der Waals surface area contributed by atoms with Crippen molar-refractivity contribution >= 4 is 34.3 Å². The van der Waals surface area contributed by atoms with E-state index in [1.807, 2.05) is 6.07 Å². The van der Waals surface area contributed by atoms with Gasteiger partial charge in [0, 0.05) is 29.9 Å². The summed E-state index contributed by atoms with van der Waals surface area (Å²) >= 11 is 5.88. The standard InChI is InChI=1S/C16H15ClN2O4/c1-18-14-8-13(17)15(19(22)23)7-11(14)16(21)12(9-20)10-5-3-2-4-6-10/h2-8,18,20-21H,9H2,1H3/b16-12-. The average Bonchev–Trinajstić information content (AvgIpc) is 2.55. The Labute approximate surface area is 137 Å². The summed E-state index contributed by atoms with van der Waals surface area (Å²) in [6, 6.07) is 11.3. The zero-order chi connectivity index (χ0) is 17.0. The molecule has 0 heterocycles. The molecule has 0 aliphatic heterocycles. The zero-order valence-electron chi connectivity index (χ0n) is 12.3. The van der Waals surface area contributed by atoms with Gasteiger partial charge in [-0.25, -0.2) is 0 Å². The summed E-state index contributed by atoms with van der Waals surface area (Å²) in [5.74, 6) is -0.247. The summed E-state index contributed by atoms with van der Waals surface area (Å²) in [7, 11) is 1.61. The highest BCUT2D eigenvalue weighted by molar-refractivity contribution is 6.33. The fourth-order valence-electron chi connectivity index (χ4n) is 2.21. The lowest BCUT2D eigenvalue weighted by molar-refractivity contribution is -0.384. The largest absolute Gasteiger partial charge is 0.507 e. The Bertz CT molecular complexity index is 760. The van der Waals surface area contributed by atoms with Gasteiger partial charge in [0.15, 0.2) is 0 Å². The number of nitrogens with zero attached hydrogens (tertiary/aromatic N) is 1. The number of benzene rings is 2. The third-order valence-corrected chi connectivity index (χ3v) is 3.68. The molecular formula is C16H15ClN2O4. The lowest BCUT2D eigenvalue weighted by Crippen LogP contribution is -2.02. The molecule has 0 aliphatic carbocycles. The molecule has 120 valence electrons. The summed E-state index contributed by atoms with van der Waals surface area (Å²) in [6.45, 7) is -0.421. The van der Waals surface area contributed by atoms with Crippen LogP contribution in [0.25, 0.3) is 11.3 Å². The van der Waals surface area contributed by atoms with E-state index in [1.54, 1.807) is 31.3 Å². The summed E-state index contributed by atoms with van der Waals surface area (Å²) in [6.07, 6.45) is 0. The zero-order valence-corrected chi connectivity index (χ0v) is 13.0. The van der Waals surface area contributed by atoms with Gasteiger partial charge in [-0.3, -0.25) is 10.1 Å². The van der Waals surface area contributed by atoms with Gasteiger partial charge in [-0.15, -0.1) is 0 Å². The molecule has 2 rings (SSSR count). The molecule has 0 radical (unpaired) electrons. The smallest absolute Gasteiger partial charge is 0.288 e. The monoisotopic (exact) mass is 334 g/mol. The van der Waals surface area contributed by atoms with Gasteiger partial charge in [-0.05, 0) is 11.6 Å². The third-order valence-electron chi connectivity index (χ3n) is 3.37. The third kappa shape index (κ3) is 3.44. The highest BCUT2D eigenvalue weighted by Gasteiger charge is 2.20. The summed E-state index contributed by atoms with van der Waals surface area (Å²) in [5, 5.41) is 34.0. The number of hydrogen-bond donors (Lipinski definition) is 3. The minimum atomic E-state index is -0.625. The van der Waals surface area contributed by atoms with Crippen molar-refractivity contribution in [1.82, 2.24) is 0 Å². The van der Waals surface area contributed by atoms with Crippen molar-refractivity contribution in [2.75, 3.05) is 19.0 Å². The molecule has 0 aliphatic rings. The van der Waals surface area contributed by atoms with E-state index in [0.29, 0.717) is 11.3 Å². The van der Waals surface area contributed by atoms with Crippen molar-refractivity contribution in [3.05, 3.63) is 68.7 Å². The normalized spacial score (nSPS) is 11.8. The quantitative estimate of drug-likeness (QED) is 0.335. The fraction of sp³-hybridized carbons (Fsp3) is 0.125. The van der Waals surface area contributed by atoms with Crippen LogP contribution in [0.15, 0.2) is 42.5 Å². The first-order valence-electron chi connectivity index (χ1n) is 6.74. The van der Waals surface area contributed by atoms with Crippen LogP contribution in [0.2, 0.25) is 5.02 Å². The van der Waals surface area contributed by atoms with Crippen molar-refractivity contribution in [1.29, 1.82) is 0 Å². The molecule has 0 unspecified atom stereocenters. The molecule has 6 nitrogen and oxygen atoms in total. The van der Waals surface area contributed by atoms with Gasteiger partial charge in [0.1, 0.15) is 10.8 Å². The van der Waals surface area contributed by atoms with Crippen LogP contribution in [0, 0.1) is 10.1 Å². The van der Waals surface area contributed by atoms with Gasteiger partial charge in [0.05, 0.1) is 11.5 Å². The van der Waals surface area contributed by atoms with E-state index >= 15 is 0 Å². The second-order valence-electron chi connectivity index (χ2n) is 4.71. The Balaban J connectivity index is 2.69. The molecule has 0 aromatic heterocycles. The second kappa shape index (κ2) is 7.13. The Kier molecular flexibility index (Phi) is 5.20. The van der Waals surface area contributed by atoms with Crippen LogP contribution in [0.1, 0.15) is 11.1 Å². The van der Waals surface area contributed by atoms with Crippen molar-refractivity contribution in [2.24, 2.45) is 0 Å². The highest BCUT2D eigenvalue weighted by Crippen LogP contribution is 2.36. The molecule has 7 heteroatoms. The molecule has 0 amide bonds. The average molecular weight is 335 g/mol. The van der Waals surface area contributed by atoms with Gasteiger partial charge >= 0.3 is 0 Å². The van der Waals surface area contributed by atoms with Crippen molar-refractivity contribution < 1.29 is 15.1 Å². The molecule has 0 bridgehead atoms. The maximum absolute atomic E-state index is 11.1. The van der Waals surface area contributed by atoms with E-state index in [1.165, 1.54) is 12.1 Å². The molecule has 2 aromatic rings. The first kappa shape index (κ1) is 16.8. The van der Waals surface area contributed by atoms with Gasteiger partial charge < -0.3 is 15.5 Å². The first-order valence-corrected chi connectivity index (χ1v) is 7.11. The molecule has 23 heavy (non-hydrogen) atoms. The Hall–Kier alpha value is -2.57. The number of halogens is 1. The van der Waals surface area contributed by atoms with Crippen molar-refractivity contribution in [3.8, 4) is 0 Å². The van der Waals surface area contributed by atoms with Crippen LogP contribution >= 0.6 is 11.6 Å². The molecule has 3 N–H and O–H groups in total. The van der Waals surface area contributed by atoms with E-state index in [-0.39, 0.29) is 27.6 Å². The highest BCUT2D eigenvalue weighted by atomic mass is 35.5. The number of hydrogen-bond acceptors (Lipinski definition) is 5. The number of anilines is 1. The van der Waals surface area contributed by atoms with E-state index in [9.17, 15) is 20.3 Å². The minimum absolute atomic E-state index is 0.0406. The Morgan fingerprint density at radius 1 is 1.30 bits per heavy atom. The van der Waals surface area contributed by atoms with E-state index in [4.69, 9.17) is 11.6 Å². The summed E-state index contributed by atoms with van der Waals surface area (Å²) in [4.78, 5) is 10.4. The predicted octanol–water partition coefficient (Wildman–Crippen LogP) is 3.71. The lowest BCUT2D eigenvalue weighted by atomic mass is 10.00. The molecule has 0 atom stereocenters. The molecule has 0 saturated heterocycles. The number of rotatable bonds is 5. The SMILES string of the molecule is CNc1cc(Cl)c([N+](=O)[O-])cc1/C(O)=C(\CO)c1ccccc1. The van der Waals surface area contributed by atoms with Crippen LogP contribution in [0.4, 0.5) is 11.4 Å². The number of nitrogens with one attached hydrogen (secondary N) is 1. The fourth-order valence-corrected chi connectivity index (χ4v) is 2.44. The summed E-state index contributed by atoms with van der Waals surface area (Å²) < 4.78 is 0. The van der Waals surface area contributed by atoms with Crippen molar-refractivity contribution in [2.45, 2.75) is 0 Å². The number of aliphatic hydroxyl groups excluding tert-OH is 2. The van der Waals surface area contributed by atoms with Crippen molar-refractivity contribution in [3.63, 3.8) is 0 Å². The molecule has 0 saturated carbocycles. The van der Waals surface area contributed by atoms with Crippen LogP contribution in [0.3, 0.4) is 0 Å².